The lowest BCUT2D eigenvalue weighted by Crippen LogP contribution is -2.37. The fraction of sp³-hybridized carbons (Fsp3) is 0.857. The number of amides is 1. The fourth-order valence-corrected chi connectivity index (χ4v) is 1.30. The summed E-state index contributed by atoms with van der Waals surface area (Å²) in [6.07, 6.45) is 4.17. The van der Waals surface area contributed by atoms with Gasteiger partial charge in [0, 0.05) is 6.54 Å². The number of likely N-dealkylation sites (tertiary alicyclic amines) is 1. The van der Waals surface area contributed by atoms with Crippen LogP contribution in [0.3, 0.4) is 0 Å². The Kier molecular flexibility index (Phi) is 3.32. The molecule has 0 aliphatic carbocycles. The van der Waals surface area contributed by atoms with Crippen LogP contribution in [0.15, 0.2) is 0 Å². The summed E-state index contributed by atoms with van der Waals surface area (Å²) in [4.78, 5) is 12.3. The molecule has 0 saturated carbocycles. The van der Waals surface area contributed by atoms with Crippen LogP contribution in [0.4, 0.5) is 0 Å². The van der Waals surface area contributed by atoms with E-state index in [0.717, 1.165) is 24.6 Å². The molecular weight excluding hydrogens is 142 g/mol. The lowest BCUT2D eigenvalue weighted by atomic mass is 10.4. The van der Waals surface area contributed by atoms with Gasteiger partial charge in [-0.05, 0) is 25.9 Å². The predicted octanol–water partition coefficient (Wildman–Crippen LogP) is -0.675. The van der Waals surface area contributed by atoms with E-state index < -0.39 is 0 Å². The van der Waals surface area contributed by atoms with Crippen LogP contribution in [0.5, 0.6) is 0 Å². The van der Waals surface area contributed by atoms with E-state index in [4.69, 9.17) is 5.84 Å². The smallest absolute Gasteiger partial charge is 0.302 e. The number of hydrogen-bond donors (Lipinski definition) is 1. The number of nitrogens with two attached hydrogens (primary N) is 1. The van der Waals surface area contributed by atoms with Crippen LogP contribution in [0.2, 0.25) is 0 Å². The molecule has 1 heterocycles. The highest BCUT2D eigenvalue weighted by atomic mass is 16.1. The van der Waals surface area contributed by atoms with Gasteiger partial charge in [0.25, 0.3) is 0 Å². The van der Waals surface area contributed by atoms with Crippen molar-refractivity contribution in [2.24, 2.45) is 5.84 Å². The Balaban J connectivity index is 2.06. The zero-order chi connectivity index (χ0) is 8.10. The lowest BCUT2D eigenvalue weighted by molar-refractivity contribution is 0.287. The Bertz CT molecular complexity index is 123. The molecule has 1 radical (unpaired) electrons. The van der Waals surface area contributed by atoms with Crippen LogP contribution in [-0.2, 0) is 4.79 Å². The van der Waals surface area contributed by atoms with E-state index in [2.05, 4.69) is 4.90 Å². The number of hydrazine groups is 1. The molecular formula is C7H14N3O. The molecule has 4 heteroatoms. The number of nitrogens with zero attached hydrogens (tertiary/aromatic N) is 2. The third kappa shape index (κ3) is 2.86. The molecule has 0 aromatic carbocycles. The Morgan fingerprint density at radius 2 is 2.09 bits per heavy atom. The van der Waals surface area contributed by atoms with Crippen molar-refractivity contribution in [2.75, 3.05) is 26.2 Å². The van der Waals surface area contributed by atoms with Gasteiger partial charge in [-0.25, -0.2) is 5.84 Å². The van der Waals surface area contributed by atoms with E-state index in [0.29, 0.717) is 6.54 Å². The summed E-state index contributed by atoms with van der Waals surface area (Å²) in [6, 6.07) is 0. The average molecular weight is 156 g/mol. The Morgan fingerprint density at radius 3 is 2.64 bits per heavy atom. The molecule has 2 N–H and O–H groups in total. The molecule has 11 heavy (non-hydrogen) atoms. The third-order valence-electron chi connectivity index (χ3n) is 1.97. The molecule has 0 spiro atoms. The highest BCUT2D eigenvalue weighted by Crippen LogP contribution is 2.05. The van der Waals surface area contributed by atoms with Gasteiger partial charge in [0.05, 0.1) is 6.54 Å². The molecule has 4 nitrogen and oxygen atoms in total. The molecule has 1 aliphatic rings. The van der Waals surface area contributed by atoms with Gasteiger partial charge in [0.2, 0.25) is 0 Å². The van der Waals surface area contributed by atoms with Gasteiger partial charge in [-0.1, -0.05) is 0 Å². The Labute approximate surface area is 66.9 Å². The van der Waals surface area contributed by atoms with Crippen LogP contribution in [0, 0.1) is 0 Å². The first kappa shape index (κ1) is 8.49. The summed E-state index contributed by atoms with van der Waals surface area (Å²) in [6.45, 7) is 3.76. The monoisotopic (exact) mass is 156 g/mol. The number of rotatable bonds is 4. The molecule has 63 valence electrons. The van der Waals surface area contributed by atoms with Crippen molar-refractivity contribution < 1.29 is 4.79 Å². The summed E-state index contributed by atoms with van der Waals surface area (Å²) >= 11 is 0. The van der Waals surface area contributed by atoms with Gasteiger partial charge in [-0.3, -0.25) is 9.80 Å². The SMILES string of the molecule is NN([C]=O)CCN1CCCC1. The molecule has 1 fully saturated rings. The zero-order valence-electron chi connectivity index (χ0n) is 6.62. The van der Waals surface area contributed by atoms with E-state index in [9.17, 15) is 4.79 Å². The van der Waals surface area contributed by atoms with Crippen molar-refractivity contribution in [3.8, 4) is 0 Å². The van der Waals surface area contributed by atoms with Crippen molar-refractivity contribution >= 4 is 6.41 Å². The van der Waals surface area contributed by atoms with Gasteiger partial charge in [-0.15, -0.1) is 0 Å². The van der Waals surface area contributed by atoms with Gasteiger partial charge in [0.15, 0.2) is 0 Å². The topological polar surface area (TPSA) is 49.6 Å². The maximum Gasteiger partial charge on any atom is 0.327 e. The molecule has 0 aromatic rings. The second kappa shape index (κ2) is 4.31. The summed E-state index contributed by atoms with van der Waals surface area (Å²) in [7, 11) is 0. The third-order valence-corrected chi connectivity index (χ3v) is 1.97. The summed E-state index contributed by atoms with van der Waals surface area (Å²) in [5.74, 6) is 5.23. The van der Waals surface area contributed by atoms with Crippen LogP contribution in [0.25, 0.3) is 0 Å². The quantitative estimate of drug-likeness (QED) is 0.254. The minimum Gasteiger partial charge on any atom is -0.302 e. The second-order valence-electron chi connectivity index (χ2n) is 2.83. The van der Waals surface area contributed by atoms with E-state index in [1.165, 1.54) is 12.8 Å². The van der Waals surface area contributed by atoms with Crippen molar-refractivity contribution in [3.05, 3.63) is 0 Å². The Hall–Kier alpha value is -0.610. The lowest BCUT2D eigenvalue weighted by Gasteiger charge is -2.16. The standard InChI is InChI=1S/C7H14N3O/c8-10(7-11)6-5-9-3-1-2-4-9/h1-6,8H2. The van der Waals surface area contributed by atoms with Crippen LogP contribution >= 0.6 is 0 Å². The zero-order valence-corrected chi connectivity index (χ0v) is 6.62. The first-order valence-electron chi connectivity index (χ1n) is 3.95. The Morgan fingerprint density at radius 1 is 1.45 bits per heavy atom. The maximum absolute atomic E-state index is 9.97. The summed E-state index contributed by atoms with van der Waals surface area (Å²) in [5.41, 5.74) is 0. The molecule has 0 bridgehead atoms. The highest BCUT2D eigenvalue weighted by Gasteiger charge is 2.11. The van der Waals surface area contributed by atoms with Gasteiger partial charge >= 0.3 is 6.41 Å². The van der Waals surface area contributed by atoms with Crippen LogP contribution in [-0.4, -0.2) is 42.5 Å². The number of carbonyl (C=O) groups excluding carboxylic acids is 1. The van der Waals surface area contributed by atoms with Crippen molar-refractivity contribution in [1.82, 2.24) is 9.91 Å². The first-order valence-corrected chi connectivity index (χ1v) is 3.95. The van der Waals surface area contributed by atoms with E-state index >= 15 is 0 Å². The molecule has 0 atom stereocenters. The number of hydrogen-bond acceptors (Lipinski definition) is 3. The fourth-order valence-electron chi connectivity index (χ4n) is 1.30. The van der Waals surface area contributed by atoms with Crippen molar-refractivity contribution in [3.63, 3.8) is 0 Å². The van der Waals surface area contributed by atoms with Crippen LogP contribution < -0.4 is 5.84 Å². The van der Waals surface area contributed by atoms with Gasteiger partial charge < -0.3 is 4.90 Å². The first-order chi connectivity index (χ1) is 5.33. The maximum atomic E-state index is 9.97. The van der Waals surface area contributed by atoms with Crippen LogP contribution in [0.1, 0.15) is 12.8 Å². The average Bonchev–Trinajstić information content (AvgIpc) is 2.52. The normalized spacial score (nSPS) is 18.6. The minimum atomic E-state index is 0.587. The van der Waals surface area contributed by atoms with Gasteiger partial charge in [0.1, 0.15) is 0 Å². The van der Waals surface area contributed by atoms with E-state index in [1.807, 2.05) is 0 Å². The molecule has 0 aromatic heterocycles. The second-order valence-corrected chi connectivity index (χ2v) is 2.83. The highest BCUT2D eigenvalue weighted by molar-refractivity contribution is 5.46. The van der Waals surface area contributed by atoms with Gasteiger partial charge in [-0.2, -0.15) is 0 Å². The minimum absolute atomic E-state index is 0.587. The van der Waals surface area contributed by atoms with E-state index in [-0.39, 0.29) is 0 Å². The molecule has 1 amide bonds. The summed E-state index contributed by atoms with van der Waals surface area (Å²) < 4.78 is 0. The molecule has 1 saturated heterocycles. The molecule has 0 unspecified atom stereocenters. The molecule has 1 rings (SSSR count). The molecule has 1 aliphatic heterocycles. The van der Waals surface area contributed by atoms with Crippen molar-refractivity contribution in [1.29, 1.82) is 0 Å². The summed E-state index contributed by atoms with van der Waals surface area (Å²) in [5, 5.41) is 1.07. The predicted molar refractivity (Wildman–Crippen MR) is 42.3 cm³/mol. The van der Waals surface area contributed by atoms with Crippen molar-refractivity contribution in [2.45, 2.75) is 12.8 Å². The van der Waals surface area contributed by atoms with E-state index in [1.54, 1.807) is 6.41 Å². The largest absolute Gasteiger partial charge is 0.327 e.